The SMILES string of the molecule is CCSc1cnc2n1C1=CCC=CC13C=CC=CN23. The monoisotopic (exact) mass is 269 g/mol. The van der Waals surface area contributed by atoms with Crippen molar-refractivity contribution in [2.45, 2.75) is 23.9 Å². The van der Waals surface area contributed by atoms with Crippen LogP contribution in [0.1, 0.15) is 13.3 Å². The van der Waals surface area contributed by atoms with E-state index in [0.717, 1.165) is 18.1 Å². The summed E-state index contributed by atoms with van der Waals surface area (Å²) in [6, 6.07) is 0. The maximum absolute atomic E-state index is 4.63. The second kappa shape index (κ2) is 3.90. The van der Waals surface area contributed by atoms with Gasteiger partial charge in [-0.1, -0.05) is 31.2 Å². The molecule has 1 atom stereocenters. The molecule has 96 valence electrons. The summed E-state index contributed by atoms with van der Waals surface area (Å²) in [5.74, 6) is 2.08. The molecule has 2 aliphatic heterocycles. The Morgan fingerprint density at radius 1 is 1.37 bits per heavy atom. The lowest BCUT2D eigenvalue weighted by Crippen LogP contribution is -2.41. The summed E-state index contributed by atoms with van der Waals surface area (Å²) in [5, 5.41) is 1.23. The average molecular weight is 269 g/mol. The van der Waals surface area contributed by atoms with Gasteiger partial charge < -0.3 is 0 Å². The average Bonchev–Trinajstić information content (AvgIpc) is 2.96. The molecule has 0 bridgehead atoms. The fraction of sp³-hybridized carbons (Fsp3) is 0.267. The number of hydrogen-bond acceptors (Lipinski definition) is 3. The zero-order chi connectivity index (χ0) is 12.9. The first-order valence-electron chi connectivity index (χ1n) is 6.61. The van der Waals surface area contributed by atoms with Crippen molar-refractivity contribution < 1.29 is 0 Å². The summed E-state index contributed by atoms with van der Waals surface area (Å²) < 4.78 is 2.30. The number of hydrogen-bond donors (Lipinski definition) is 0. The molecule has 3 nitrogen and oxygen atoms in total. The number of nitrogens with zero attached hydrogens (tertiary/aromatic N) is 3. The summed E-state index contributed by atoms with van der Waals surface area (Å²) in [4.78, 5) is 6.88. The number of anilines is 1. The van der Waals surface area contributed by atoms with Crippen molar-refractivity contribution in [1.29, 1.82) is 0 Å². The smallest absolute Gasteiger partial charge is 0.216 e. The van der Waals surface area contributed by atoms with E-state index >= 15 is 0 Å². The normalized spacial score (nSPS) is 26.2. The van der Waals surface area contributed by atoms with Crippen LogP contribution in [0.5, 0.6) is 0 Å². The van der Waals surface area contributed by atoms with Crippen molar-refractivity contribution in [3.63, 3.8) is 0 Å². The standard InChI is InChI=1S/C15H15N3S/c1-2-19-13-11-16-14-17-10-6-5-9-15(17)8-4-3-7-12(15)18(13)14/h4-11H,2-3H2,1H3. The van der Waals surface area contributed by atoms with Crippen LogP contribution in [-0.4, -0.2) is 20.8 Å². The highest BCUT2D eigenvalue weighted by atomic mass is 32.2. The number of rotatable bonds is 2. The fourth-order valence-electron chi connectivity index (χ4n) is 3.04. The zero-order valence-electron chi connectivity index (χ0n) is 10.8. The van der Waals surface area contributed by atoms with Gasteiger partial charge in [0.2, 0.25) is 5.95 Å². The van der Waals surface area contributed by atoms with E-state index in [0.29, 0.717) is 0 Å². The van der Waals surface area contributed by atoms with E-state index < -0.39 is 0 Å². The lowest BCUT2D eigenvalue weighted by Gasteiger charge is -2.35. The molecule has 0 saturated heterocycles. The van der Waals surface area contributed by atoms with Gasteiger partial charge in [-0.3, -0.25) is 9.47 Å². The Labute approximate surface area is 117 Å². The molecule has 3 heterocycles. The van der Waals surface area contributed by atoms with E-state index in [4.69, 9.17) is 0 Å². The molecule has 0 radical (unpaired) electrons. The lowest BCUT2D eigenvalue weighted by molar-refractivity contribution is 0.780. The fourth-order valence-corrected chi connectivity index (χ4v) is 3.77. The summed E-state index contributed by atoms with van der Waals surface area (Å²) >= 11 is 1.85. The minimum absolute atomic E-state index is 0.153. The van der Waals surface area contributed by atoms with Gasteiger partial charge in [-0.05, 0) is 24.3 Å². The van der Waals surface area contributed by atoms with E-state index in [1.165, 1.54) is 10.7 Å². The minimum atomic E-state index is -0.153. The molecule has 1 spiro atoms. The minimum Gasteiger partial charge on any atom is -0.300 e. The highest BCUT2D eigenvalue weighted by Gasteiger charge is 2.47. The summed E-state index contributed by atoms with van der Waals surface area (Å²) in [6.45, 7) is 2.18. The maximum Gasteiger partial charge on any atom is 0.216 e. The molecule has 3 aliphatic rings. The number of fused-ring (bicyclic) bond motifs is 3. The first kappa shape index (κ1) is 11.2. The van der Waals surface area contributed by atoms with Gasteiger partial charge in [-0.15, -0.1) is 11.8 Å². The van der Waals surface area contributed by atoms with Crippen LogP contribution in [0.15, 0.2) is 53.9 Å². The first-order chi connectivity index (χ1) is 9.37. The largest absolute Gasteiger partial charge is 0.300 e. The molecule has 0 fully saturated rings. The molecule has 4 heteroatoms. The van der Waals surface area contributed by atoms with Crippen molar-refractivity contribution in [3.05, 3.63) is 48.9 Å². The van der Waals surface area contributed by atoms with E-state index in [2.05, 4.69) is 64.0 Å². The summed E-state index contributed by atoms with van der Waals surface area (Å²) in [6.07, 6.45) is 18.4. The van der Waals surface area contributed by atoms with E-state index in [1.54, 1.807) is 0 Å². The molecular formula is C15H15N3S. The molecular weight excluding hydrogens is 254 g/mol. The van der Waals surface area contributed by atoms with Crippen LogP contribution in [0.2, 0.25) is 0 Å². The van der Waals surface area contributed by atoms with Crippen molar-refractivity contribution in [3.8, 4) is 0 Å². The van der Waals surface area contributed by atoms with Crippen LogP contribution in [0.4, 0.5) is 5.95 Å². The van der Waals surface area contributed by atoms with Crippen LogP contribution in [0.3, 0.4) is 0 Å². The van der Waals surface area contributed by atoms with E-state index in [-0.39, 0.29) is 5.54 Å². The van der Waals surface area contributed by atoms with Crippen LogP contribution in [0.25, 0.3) is 5.70 Å². The molecule has 1 aromatic rings. The van der Waals surface area contributed by atoms with Gasteiger partial charge in [0.05, 0.1) is 11.9 Å². The lowest BCUT2D eigenvalue weighted by atomic mass is 9.88. The molecule has 4 rings (SSSR count). The number of aromatic nitrogens is 2. The van der Waals surface area contributed by atoms with Gasteiger partial charge in [-0.25, -0.2) is 4.98 Å². The highest BCUT2D eigenvalue weighted by molar-refractivity contribution is 7.99. The third-order valence-corrected chi connectivity index (χ3v) is 4.66. The van der Waals surface area contributed by atoms with Crippen LogP contribution in [-0.2, 0) is 0 Å². The Morgan fingerprint density at radius 2 is 2.32 bits per heavy atom. The predicted molar refractivity (Wildman–Crippen MR) is 80.1 cm³/mol. The molecule has 0 aromatic carbocycles. The van der Waals surface area contributed by atoms with Crippen molar-refractivity contribution in [1.82, 2.24) is 9.55 Å². The molecule has 1 aliphatic carbocycles. The molecule has 0 saturated carbocycles. The van der Waals surface area contributed by atoms with Crippen LogP contribution < -0.4 is 4.90 Å². The Hall–Kier alpha value is -1.68. The molecule has 0 amide bonds. The molecule has 1 aromatic heterocycles. The second-order valence-electron chi connectivity index (χ2n) is 4.79. The maximum atomic E-state index is 4.63. The molecule has 1 unspecified atom stereocenters. The predicted octanol–water partition coefficient (Wildman–Crippen LogP) is 3.44. The van der Waals surface area contributed by atoms with Crippen LogP contribution >= 0.6 is 11.8 Å². The third-order valence-electron chi connectivity index (χ3n) is 3.78. The Balaban J connectivity index is 1.95. The van der Waals surface area contributed by atoms with Gasteiger partial charge in [-0.2, -0.15) is 0 Å². The van der Waals surface area contributed by atoms with Crippen molar-refractivity contribution in [2.24, 2.45) is 0 Å². The van der Waals surface area contributed by atoms with Gasteiger partial charge in [0.1, 0.15) is 10.6 Å². The van der Waals surface area contributed by atoms with Gasteiger partial charge in [0.15, 0.2) is 0 Å². The van der Waals surface area contributed by atoms with Crippen molar-refractivity contribution in [2.75, 3.05) is 10.7 Å². The number of allylic oxidation sites excluding steroid dienone is 4. The highest BCUT2D eigenvalue weighted by Crippen LogP contribution is 2.48. The summed E-state index contributed by atoms with van der Waals surface area (Å²) in [7, 11) is 0. The van der Waals surface area contributed by atoms with E-state index in [9.17, 15) is 0 Å². The Kier molecular flexibility index (Phi) is 2.30. The Bertz CT molecular complexity index is 650. The van der Waals surface area contributed by atoms with E-state index in [1.807, 2.05) is 18.0 Å². The van der Waals surface area contributed by atoms with Gasteiger partial charge in [0.25, 0.3) is 0 Å². The van der Waals surface area contributed by atoms with Crippen LogP contribution in [0, 0.1) is 0 Å². The topological polar surface area (TPSA) is 21.1 Å². The molecule has 0 N–H and O–H groups in total. The second-order valence-corrected chi connectivity index (χ2v) is 6.07. The third kappa shape index (κ3) is 1.32. The quantitative estimate of drug-likeness (QED) is 0.606. The number of imidazole rings is 1. The summed E-state index contributed by atoms with van der Waals surface area (Å²) in [5.41, 5.74) is 1.17. The Morgan fingerprint density at radius 3 is 3.21 bits per heavy atom. The molecule has 19 heavy (non-hydrogen) atoms. The zero-order valence-corrected chi connectivity index (χ0v) is 11.6. The van der Waals surface area contributed by atoms with Crippen molar-refractivity contribution >= 4 is 23.4 Å². The number of thioether (sulfide) groups is 1. The van der Waals surface area contributed by atoms with Gasteiger partial charge >= 0.3 is 0 Å². The first-order valence-corrected chi connectivity index (χ1v) is 7.60. The van der Waals surface area contributed by atoms with Gasteiger partial charge in [0, 0.05) is 6.20 Å².